The Hall–Kier alpha value is -3.94. The standard InChI is InChI=1S/C29H35N3O5/c1-7-9-24-23(8-2)28(34)32(29(24)35)22(14-18(3)4)17-37-25-11-10-20(15-26(25)36-6)21-12-13-30-27(16-21)31-19(5)33/h7,9-13,15-16,18,22H,8,14,17H2,1-6H3,(H,30,31,33)/b9-7-/t22-/m0/s1. The Bertz CT molecular complexity index is 1230. The summed E-state index contributed by atoms with van der Waals surface area (Å²) in [6, 6.07) is 8.72. The highest BCUT2D eigenvalue weighted by Gasteiger charge is 2.40. The van der Waals surface area contributed by atoms with Crippen molar-refractivity contribution in [1.82, 2.24) is 9.88 Å². The van der Waals surface area contributed by atoms with Crippen LogP contribution in [0.15, 0.2) is 59.8 Å². The van der Waals surface area contributed by atoms with Crippen LogP contribution < -0.4 is 14.8 Å². The SMILES string of the molecule is C/C=C\C1=C(CC)C(=O)N([C@H](COc2ccc(-c3ccnc(NC(C)=O)c3)cc2OC)CC(C)C)C1=O. The molecule has 2 heterocycles. The number of carbonyl (C=O) groups excluding carboxylic acids is 3. The first-order valence-corrected chi connectivity index (χ1v) is 12.5. The van der Waals surface area contributed by atoms with E-state index in [-0.39, 0.29) is 30.2 Å². The van der Waals surface area contributed by atoms with Crippen molar-refractivity contribution in [2.24, 2.45) is 5.92 Å². The predicted molar refractivity (Wildman–Crippen MR) is 143 cm³/mol. The van der Waals surface area contributed by atoms with Gasteiger partial charge in [-0.3, -0.25) is 19.3 Å². The van der Waals surface area contributed by atoms with Gasteiger partial charge in [0.1, 0.15) is 12.4 Å². The van der Waals surface area contributed by atoms with Gasteiger partial charge in [-0.2, -0.15) is 0 Å². The van der Waals surface area contributed by atoms with Gasteiger partial charge < -0.3 is 14.8 Å². The van der Waals surface area contributed by atoms with Gasteiger partial charge in [0.2, 0.25) is 5.91 Å². The van der Waals surface area contributed by atoms with E-state index in [2.05, 4.69) is 24.1 Å². The number of nitrogens with one attached hydrogen (secondary N) is 1. The van der Waals surface area contributed by atoms with E-state index in [4.69, 9.17) is 9.47 Å². The van der Waals surface area contributed by atoms with Gasteiger partial charge in [-0.1, -0.05) is 39.0 Å². The smallest absolute Gasteiger partial charge is 0.261 e. The van der Waals surface area contributed by atoms with Gasteiger partial charge in [-0.25, -0.2) is 4.98 Å². The van der Waals surface area contributed by atoms with Crippen LogP contribution >= 0.6 is 0 Å². The molecule has 0 bridgehead atoms. The minimum atomic E-state index is -0.422. The number of aromatic nitrogens is 1. The van der Waals surface area contributed by atoms with Gasteiger partial charge in [0.05, 0.1) is 13.2 Å². The van der Waals surface area contributed by atoms with Gasteiger partial charge in [-0.05, 0) is 61.1 Å². The molecule has 0 aliphatic carbocycles. The molecule has 8 nitrogen and oxygen atoms in total. The summed E-state index contributed by atoms with van der Waals surface area (Å²) in [5.74, 6) is 1.01. The Balaban J connectivity index is 1.84. The van der Waals surface area contributed by atoms with Crippen LogP contribution in [0, 0.1) is 5.92 Å². The second-order valence-electron chi connectivity index (χ2n) is 9.30. The lowest BCUT2D eigenvalue weighted by Gasteiger charge is -2.28. The van der Waals surface area contributed by atoms with Crippen LogP contribution in [0.5, 0.6) is 11.5 Å². The summed E-state index contributed by atoms with van der Waals surface area (Å²) in [6.07, 6.45) is 6.22. The molecule has 1 N–H and O–H groups in total. The van der Waals surface area contributed by atoms with Crippen molar-refractivity contribution in [3.63, 3.8) is 0 Å². The highest BCUT2D eigenvalue weighted by atomic mass is 16.5. The molecular weight excluding hydrogens is 470 g/mol. The first-order valence-electron chi connectivity index (χ1n) is 12.5. The number of amides is 3. The lowest BCUT2D eigenvalue weighted by Crippen LogP contribution is -2.45. The third-order valence-electron chi connectivity index (χ3n) is 6.04. The minimum Gasteiger partial charge on any atom is -0.493 e. The van der Waals surface area contributed by atoms with Crippen molar-refractivity contribution in [2.75, 3.05) is 19.0 Å². The van der Waals surface area contributed by atoms with Crippen molar-refractivity contribution in [1.29, 1.82) is 0 Å². The number of anilines is 1. The number of nitrogens with zero attached hydrogens (tertiary/aromatic N) is 2. The molecule has 0 unspecified atom stereocenters. The molecule has 0 radical (unpaired) electrons. The van der Waals surface area contributed by atoms with Crippen LogP contribution in [-0.2, 0) is 14.4 Å². The summed E-state index contributed by atoms with van der Waals surface area (Å²) in [6.45, 7) is 9.40. The maximum atomic E-state index is 13.2. The van der Waals surface area contributed by atoms with Crippen LogP contribution in [0.1, 0.15) is 47.5 Å². The number of pyridine rings is 1. The molecule has 1 aromatic heterocycles. The number of ether oxygens (including phenoxy) is 2. The first kappa shape index (κ1) is 27.6. The molecule has 0 spiro atoms. The van der Waals surface area contributed by atoms with Gasteiger partial charge in [0.15, 0.2) is 11.5 Å². The highest BCUT2D eigenvalue weighted by molar-refractivity contribution is 6.20. The molecule has 196 valence electrons. The van der Waals surface area contributed by atoms with Gasteiger partial charge in [0.25, 0.3) is 11.8 Å². The molecular formula is C29H35N3O5. The van der Waals surface area contributed by atoms with Crippen molar-refractivity contribution in [2.45, 2.75) is 53.5 Å². The van der Waals surface area contributed by atoms with Gasteiger partial charge >= 0.3 is 0 Å². The summed E-state index contributed by atoms with van der Waals surface area (Å²) in [7, 11) is 1.56. The second kappa shape index (κ2) is 12.3. The number of carbonyl (C=O) groups is 3. The van der Waals surface area contributed by atoms with Crippen molar-refractivity contribution < 1.29 is 23.9 Å². The number of imide groups is 1. The van der Waals surface area contributed by atoms with E-state index in [1.807, 2.05) is 32.0 Å². The zero-order valence-corrected chi connectivity index (χ0v) is 22.3. The van der Waals surface area contributed by atoms with E-state index in [1.54, 1.807) is 37.6 Å². The Kier molecular flexibility index (Phi) is 9.22. The van der Waals surface area contributed by atoms with E-state index >= 15 is 0 Å². The number of hydrogen-bond donors (Lipinski definition) is 1. The first-order chi connectivity index (χ1) is 17.7. The van der Waals surface area contributed by atoms with E-state index < -0.39 is 6.04 Å². The fourth-order valence-electron chi connectivity index (χ4n) is 4.43. The molecule has 0 saturated heterocycles. The maximum absolute atomic E-state index is 13.2. The van der Waals surface area contributed by atoms with E-state index in [0.29, 0.717) is 41.3 Å². The van der Waals surface area contributed by atoms with Gasteiger partial charge in [-0.15, -0.1) is 0 Å². The Labute approximate surface area is 218 Å². The summed E-state index contributed by atoms with van der Waals surface area (Å²) < 4.78 is 11.7. The maximum Gasteiger partial charge on any atom is 0.261 e. The van der Waals surface area contributed by atoms with Crippen LogP contribution in [0.3, 0.4) is 0 Å². The number of hydrogen-bond acceptors (Lipinski definition) is 6. The fourth-order valence-corrected chi connectivity index (χ4v) is 4.43. The van der Waals surface area contributed by atoms with E-state index in [0.717, 1.165) is 11.1 Å². The number of allylic oxidation sites excluding steroid dienone is 1. The summed E-state index contributed by atoms with van der Waals surface area (Å²) in [4.78, 5) is 43.3. The summed E-state index contributed by atoms with van der Waals surface area (Å²) >= 11 is 0. The molecule has 8 heteroatoms. The average Bonchev–Trinajstić information content (AvgIpc) is 3.09. The van der Waals surface area contributed by atoms with Crippen molar-refractivity contribution in [3.05, 3.63) is 59.8 Å². The number of methoxy groups -OCH3 is 1. The molecule has 1 aliphatic heterocycles. The molecule has 1 aliphatic rings. The molecule has 1 atom stereocenters. The van der Waals surface area contributed by atoms with Crippen LogP contribution in [0.25, 0.3) is 11.1 Å². The van der Waals surface area contributed by atoms with E-state index in [9.17, 15) is 14.4 Å². The average molecular weight is 506 g/mol. The predicted octanol–water partition coefficient (Wildman–Crippen LogP) is 5.16. The van der Waals surface area contributed by atoms with Crippen molar-refractivity contribution >= 4 is 23.5 Å². The number of benzene rings is 1. The molecule has 2 aromatic rings. The fraction of sp³-hybridized carbons (Fsp3) is 0.379. The quantitative estimate of drug-likeness (QED) is 0.424. The van der Waals surface area contributed by atoms with Gasteiger partial charge in [0, 0.05) is 24.3 Å². The normalized spacial score (nSPS) is 14.6. The third kappa shape index (κ3) is 6.44. The molecule has 0 fully saturated rings. The largest absolute Gasteiger partial charge is 0.493 e. The van der Waals surface area contributed by atoms with Crippen LogP contribution in [-0.4, -0.2) is 47.4 Å². The molecule has 1 aromatic carbocycles. The molecule has 3 rings (SSSR count). The summed E-state index contributed by atoms with van der Waals surface area (Å²) in [5.41, 5.74) is 2.70. The topological polar surface area (TPSA) is 97.8 Å². The lowest BCUT2D eigenvalue weighted by atomic mass is 10.0. The Morgan fingerprint density at radius 1 is 1.11 bits per heavy atom. The highest BCUT2D eigenvalue weighted by Crippen LogP contribution is 2.34. The zero-order valence-electron chi connectivity index (χ0n) is 22.3. The summed E-state index contributed by atoms with van der Waals surface area (Å²) in [5, 5.41) is 2.68. The molecule has 3 amide bonds. The Morgan fingerprint density at radius 2 is 1.84 bits per heavy atom. The Morgan fingerprint density at radius 3 is 2.46 bits per heavy atom. The monoisotopic (exact) mass is 505 g/mol. The molecule has 37 heavy (non-hydrogen) atoms. The zero-order chi connectivity index (χ0) is 27.1. The third-order valence-corrected chi connectivity index (χ3v) is 6.04. The van der Waals surface area contributed by atoms with Crippen LogP contribution in [0.4, 0.5) is 5.82 Å². The van der Waals surface area contributed by atoms with Crippen LogP contribution in [0.2, 0.25) is 0 Å². The van der Waals surface area contributed by atoms with E-state index in [1.165, 1.54) is 11.8 Å². The lowest BCUT2D eigenvalue weighted by molar-refractivity contribution is -0.141. The number of rotatable bonds is 11. The minimum absolute atomic E-state index is 0.146. The van der Waals surface area contributed by atoms with Crippen molar-refractivity contribution in [3.8, 4) is 22.6 Å². The molecule has 0 saturated carbocycles. The second-order valence-corrected chi connectivity index (χ2v) is 9.30.